The molecule has 0 saturated carbocycles. The normalized spacial score (nSPS) is 10.5. The van der Waals surface area contributed by atoms with Crippen molar-refractivity contribution in [1.82, 2.24) is 5.43 Å². The Morgan fingerprint density at radius 1 is 1.11 bits per heavy atom. The summed E-state index contributed by atoms with van der Waals surface area (Å²) in [4.78, 5) is 23.8. The van der Waals surface area contributed by atoms with Gasteiger partial charge in [0, 0.05) is 12.8 Å². The Morgan fingerprint density at radius 3 is 2.57 bits per heavy atom. The van der Waals surface area contributed by atoms with Crippen molar-refractivity contribution in [2.24, 2.45) is 5.10 Å². The first kappa shape index (κ1) is 21.2. The average molecular weight is 404 g/mol. The molecule has 0 aliphatic heterocycles. The van der Waals surface area contributed by atoms with Crippen molar-refractivity contribution in [3.8, 4) is 11.5 Å². The fraction of sp³-hybridized carbons (Fsp3) is 0.250. The highest BCUT2D eigenvalue weighted by atomic mass is 35.5. The molecule has 148 valence electrons. The highest BCUT2D eigenvalue weighted by molar-refractivity contribution is 6.33. The Bertz CT molecular complexity index is 855. The maximum absolute atomic E-state index is 11.9. The molecule has 7 nitrogen and oxygen atoms in total. The third-order valence-electron chi connectivity index (χ3n) is 3.62. The Labute approximate surface area is 168 Å². The van der Waals surface area contributed by atoms with Gasteiger partial charge in [0.2, 0.25) is 11.8 Å². The summed E-state index contributed by atoms with van der Waals surface area (Å²) in [6.45, 7) is 2.38. The van der Waals surface area contributed by atoms with Crippen LogP contribution in [0.5, 0.6) is 11.5 Å². The van der Waals surface area contributed by atoms with Crippen LogP contribution in [-0.2, 0) is 9.59 Å². The Kier molecular flexibility index (Phi) is 8.30. The monoisotopic (exact) mass is 403 g/mol. The molecule has 0 saturated heterocycles. The first-order valence-electron chi connectivity index (χ1n) is 8.70. The molecular weight excluding hydrogens is 382 g/mol. The lowest BCUT2D eigenvalue weighted by molar-refractivity contribution is -0.124. The Balaban J connectivity index is 1.81. The van der Waals surface area contributed by atoms with E-state index in [0.29, 0.717) is 28.8 Å². The van der Waals surface area contributed by atoms with Crippen LogP contribution in [0.25, 0.3) is 0 Å². The molecule has 0 aromatic heterocycles. The maximum atomic E-state index is 11.9. The molecule has 0 fully saturated rings. The smallest absolute Gasteiger partial charge is 0.240 e. The molecule has 0 heterocycles. The lowest BCUT2D eigenvalue weighted by Gasteiger charge is -2.09. The number of benzene rings is 2. The number of carbonyl (C=O) groups excluding carboxylic acids is 2. The van der Waals surface area contributed by atoms with Crippen LogP contribution in [0.1, 0.15) is 25.3 Å². The summed E-state index contributed by atoms with van der Waals surface area (Å²) < 4.78 is 10.7. The van der Waals surface area contributed by atoms with Crippen LogP contribution >= 0.6 is 11.6 Å². The summed E-state index contributed by atoms with van der Waals surface area (Å²) in [6, 6.07) is 12.2. The standard InChI is InChI=1S/C20H22ClN3O4/c1-3-28-18-12-14(8-9-17(18)27-2)13-22-24-20(26)11-10-19(25)23-16-7-5-4-6-15(16)21/h4-9,12-13H,3,10-11H2,1-2H3,(H,23,25)(H,24,26). The van der Waals surface area contributed by atoms with Crippen molar-refractivity contribution < 1.29 is 19.1 Å². The van der Waals surface area contributed by atoms with Gasteiger partial charge in [-0.05, 0) is 42.8 Å². The van der Waals surface area contributed by atoms with Gasteiger partial charge in [-0.3, -0.25) is 9.59 Å². The fourth-order valence-electron chi connectivity index (χ4n) is 2.28. The molecule has 2 aromatic rings. The van der Waals surface area contributed by atoms with Crippen LogP contribution in [0.4, 0.5) is 5.69 Å². The number of carbonyl (C=O) groups is 2. The summed E-state index contributed by atoms with van der Waals surface area (Å²) >= 11 is 5.98. The molecule has 2 amide bonds. The van der Waals surface area contributed by atoms with E-state index in [0.717, 1.165) is 5.56 Å². The van der Waals surface area contributed by atoms with E-state index in [1.165, 1.54) is 6.21 Å². The minimum atomic E-state index is -0.371. The Hall–Kier alpha value is -3.06. The first-order valence-corrected chi connectivity index (χ1v) is 9.08. The highest BCUT2D eigenvalue weighted by Crippen LogP contribution is 2.27. The van der Waals surface area contributed by atoms with Crippen molar-refractivity contribution in [3.63, 3.8) is 0 Å². The lowest BCUT2D eigenvalue weighted by atomic mass is 10.2. The largest absolute Gasteiger partial charge is 0.493 e. The fourth-order valence-corrected chi connectivity index (χ4v) is 2.46. The molecule has 8 heteroatoms. The molecule has 2 rings (SSSR count). The molecule has 0 bridgehead atoms. The van der Waals surface area contributed by atoms with E-state index in [2.05, 4.69) is 15.8 Å². The molecule has 2 N–H and O–H groups in total. The predicted octanol–water partition coefficient (Wildman–Crippen LogP) is 3.62. The quantitative estimate of drug-likeness (QED) is 0.494. The zero-order chi connectivity index (χ0) is 20.4. The van der Waals surface area contributed by atoms with E-state index in [4.69, 9.17) is 21.1 Å². The van der Waals surface area contributed by atoms with Crippen LogP contribution in [-0.4, -0.2) is 31.7 Å². The third-order valence-corrected chi connectivity index (χ3v) is 3.95. The van der Waals surface area contributed by atoms with Crippen molar-refractivity contribution in [2.75, 3.05) is 19.0 Å². The molecule has 0 spiro atoms. The lowest BCUT2D eigenvalue weighted by Crippen LogP contribution is -2.20. The van der Waals surface area contributed by atoms with Gasteiger partial charge < -0.3 is 14.8 Å². The van der Waals surface area contributed by atoms with E-state index in [1.807, 2.05) is 6.92 Å². The number of hydrogen-bond acceptors (Lipinski definition) is 5. The average Bonchev–Trinajstić information content (AvgIpc) is 2.69. The number of amides is 2. The second-order valence-corrected chi connectivity index (χ2v) is 6.07. The molecule has 0 atom stereocenters. The predicted molar refractivity (Wildman–Crippen MR) is 109 cm³/mol. The van der Waals surface area contributed by atoms with Gasteiger partial charge >= 0.3 is 0 Å². The molecule has 0 radical (unpaired) electrons. The summed E-state index contributed by atoms with van der Waals surface area (Å²) in [6.07, 6.45) is 1.51. The number of para-hydroxylation sites is 1. The van der Waals surface area contributed by atoms with Crippen LogP contribution in [0.2, 0.25) is 5.02 Å². The molecule has 2 aromatic carbocycles. The summed E-state index contributed by atoms with van der Waals surface area (Å²) in [5.74, 6) is 0.539. The number of hydrogen-bond donors (Lipinski definition) is 2. The van der Waals surface area contributed by atoms with Crippen LogP contribution < -0.4 is 20.2 Å². The van der Waals surface area contributed by atoms with Gasteiger partial charge in [-0.2, -0.15) is 5.10 Å². The van der Waals surface area contributed by atoms with Gasteiger partial charge in [-0.1, -0.05) is 23.7 Å². The van der Waals surface area contributed by atoms with Crippen molar-refractivity contribution in [1.29, 1.82) is 0 Å². The van der Waals surface area contributed by atoms with Gasteiger partial charge in [0.15, 0.2) is 11.5 Å². The van der Waals surface area contributed by atoms with E-state index >= 15 is 0 Å². The molecule has 0 aliphatic rings. The molecule has 28 heavy (non-hydrogen) atoms. The number of rotatable bonds is 9. The topological polar surface area (TPSA) is 89.0 Å². The van der Waals surface area contributed by atoms with Crippen molar-refractivity contribution in [3.05, 3.63) is 53.1 Å². The number of nitrogens with one attached hydrogen (secondary N) is 2. The Morgan fingerprint density at radius 2 is 1.86 bits per heavy atom. The second kappa shape index (κ2) is 10.9. The van der Waals surface area contributed by atoms with Gasteiger partial charge in [0.1, 0.15) is 0 Å². The van der Waals surface area contributed by atoms with Gasteiger partial charge in [-0.25, -0.2) is 5.43 Å². The van der Waals surface area contributed by atoms with Crippen LogP contribution in [0.15, 0.2) is 47.6 Å². The number of ether oxygens (including phenoxy) is 2. The van der Waals surface area contributed by atoms with Gasteiger partial charge in [0.25, 0.3) is 0 Å². The second-order valence-electron chi connectivity index (χ2n) is 5.66. The van der Waals surface area contributed by atoms with Crippen molar-refractivity contribution in [2.45, 2.75) is 19.8 Å². The number of halogens is 1. The zero-order valence-corrected chi connectivity index (χ0v) is 16.5. The summed E-state index contributed by atoms with van der Waals surface area (Å²) in [5.41, 5.74) is 3.64. The number of nitrogens with zero attached hydrogens (tertiary/aromatic N) is 1. The number of anilines is 1. The molecular formula is C20H22ClN3O4. The van der Waals surface area contributed by atoms with Crippen LogP contribution in [0.3, 0.4) is 0 Å². The molecule has 0 unspecified atom stereocenters. The minimum absolute atomic E-state index is 0.000431. The first-order chi connectivity index (χ1) is 13.5. The van der Waals surface area contributed by atoms with Crippen LogP contribution in [0, 0.1) is 0 Å². The number of hydrazone groups is 1. The highest BCUT2D eigenvalue weighted by Gasteiger charge is 2.08. The summed E-state index contributed by atoms with van der Waals surface area (Å²) in [5, 5.41) is 7.00. The van der Waals surface area contributed by atoms with Gasteiger partial charge in [-0.15, -0.1) is 0 Å². The maximum Gasteiger partial charge on any atom is 0.240 e. The SMILES string of the molecule is CCOc1cc(C=NNC(=O)CCC(=O)Nc2ccccc2Cl)ccc1OC. The van der Waals surface area contributed by atoms with E-state index < -0.39 is 0 Å². The van der Waals surface area contributed by atoms with Crippen molar-refractivity contribution >= 4 is 35.3 Å². The van der Waals surface area contributed by atoms with E-state index in [-0.39, 0.29) is 24.7 Å². The molecule has 0 aliphatic carbocycles. The minimum Gasteiger partial charge on any atom is -0.493 e. The summed E-state index contributed by atoms with van der Waals surface area (Å²) in [7, 11) is 1.56. The zero-order valence-electron chi connectivity index (χ0n) is 15.7. The van der Waals surface area contributed by atoms with E-state index in [9.17, 15) is 9.59 Å². The number of methoxy groups -OCH3 is 1. The third kappa shape index (κ3) is 6.59. The van der Waals surface area contributed by atoms with Gasteiger partial charge in [0.05, 0.1) is 30.6 Å². The van der Waals surface area contributed by atoms with E-state index in [1.54, 1.807) is 49.6 Å².